The Morgan fingerprint density at radius 3 is 2.67 bits per heavy atom. The third-order valence-corrected chi connectivity index (χ3v) is 4.15. The van der Waals surface area contributed by atoms with Crippen molar-refractivity contribution in [2.75, 3.05) is 6.54 Å². The lowest BCUT2D eigenvalue weighted by atomic mass is 9.94. The highest BCUT2D eigenvalue weighted by Gasteiger charge is 2.54. The Hall–Kier alpha value is -1.82. The third kappa shape index (κ3) is 1.60. The molecule has 3 heteroatoms. The Morgan fingerprint density at radius 2 is 2.06 bits per heavy atom. The molecular weight excluding hydrogens is 224 g/mol. The van der Waals surface area contributed by atoms with Gasteiger partial charge in [0.1, 0.15) is 6.04 Å². The lowest BCUT2D eigenvalue weighted by molar-refractivity contribution is -0.133. The van der Waals surface area contributed by atoms with Crippen molar-refractivity contribution in [3.63, 3.8) is 0 Å². The lowest BCUT2D eigenvalue weighted by Crippen LogP contribution is -2.41. The predicted octanol–water partition coefficient (Wildman–Crippen LogP) is 2.23. The van der Waals surface area contributed by atoms with E-state index >= 15 is 0 Å². The molecule has 0 N–H and O–H groups in total. The van der Waals surface area contributed by atoms with Crippen LogP contribution in [-0.4, -0.2) is 23.4 Å². The first kappa shape index (κ1) is 11.3. The molecule has 2 fully saturated rings. The normalized spacial score (nSPS) is 24.6. The van der Waals surface area contributed by atoms with Crippen LogP contribution in [0.2, 0.25) is 0 Å². The number of likely N-dealkylation sites (tertiary alicyclic amines) is 1. The van der Waals surface area contributed by atoms with E-state index in [2.05, 4.69) is 6.07 Å². The number of hydrogen-bond donors (Lipinski definition) is 0. The van der Waals surface area contributed by atoms with Gasteiger partial charge in [0.25, 0.3) is 0 Å². The maximum absolute atomic E-state index is 12.7. The Labute approximate surface area is 107 Å². The van der Waals surface area contributed by atoms with Gasteiger partial charge in [-0.25, -0.2) is 0 Å². The number of nitriles is 1. The largest absolute Gasteiger partial charge is 0.326 e. The van der Waals surface area contributed by atoms with E-state index in [1.54, 1.807) is 4.90 Å². The van der Waals surface area contributed by atoms with E-state index < -0.39 is 0 Å². The van der Waals surface area contributed by atoms with Gasteiger partial charge in [-0.1, -0.05) is 30.3 Å². The number of carbonyl (C=O) groups excluding carboxylic acids is 1. The Kier molecular flexibility index (Phi) is 2.59. The molecule has 1 saturated carbocycles. The molecule has 1 heterocycles. The first-order valence-electron chi connectivity index (χ1n) is 6.54. The van der Waals surface area contributed by atoms with E-state index in [1.807, 2.05) is 30.3 Å². The van der Waals surface area contributed by atoms with Gasteiger partial charge in [0, 0.05) is 6.54 Å². The molecule has 1 aliphatic carbocycles. The van der Waals surface area contributed by atoms with Crippen LogP contribution in [0.4, 0.5) is 0 Å². The summed E-state index contributed by atoms with van der Waals surface area (Å²) in [5.74, 6) is 0.165. The van der Waals surface area contributed by atoms with E-state index in [9.17, 15) is 4.79 Å². The van der Waals surface area contributed by atoms with E-state index in [0.29, 0.717) is 0 Å². The van der Waals surface area contributed by atoms with E-state index in [4.69, 9.17) is 5.26 Å². The van der Waals surface area contributed by atoms with Crippen LogP contribution in [0.15, 0.2) is 30.3 Å². The van der Waals surface area contributed by atoms with E-state index in [-0.39, 0.29) is 17.4 Å². The fourth-order valence-electron chi connectivity index (χ4n) is 2.93. The summed E-state index contributed by atoms with van der Waals surface area (Å²) in [5.41, 5.74) is 0.791. The summed E-state index contributed by atoms with van der Waals surface area (Å²) in [7, 11) is 0. The van der Waals surface area contributed by atoms with Gasteiger partial charge in [0.2, 0.25) is 5.91 Å². The molecule has 18 heavy (non-hydrogen) atoms. The van der Waals surface area contributed by atoms with Gasteiger partial charge < -0.3 is 4.90 Å². The molecular formula is C15H16N2O. The maximum atomic E-state index is 12.7. The van der Waals surface area contributed by atoms with Gasteiger partial charge >= 0.3 is 0 Å². The number of benzene rings is 1. The number of rotatable bonds is 2. The number of nitrogens with zero attached hydrogens (tertiary/aromatic N) is 2. The minimum absolute atomic E-state index is 0.165. The van der Waals surface area contributed by atoms with Crippen molar-refractivity contribution in [3.05, 3.63) is 35.9 Å². The molecule has 1 saturated heterocycles. The number of amides is 1. The first-order chi connectivity index (χ1) is 8.78. The quantitative estimate of drug-likeness (QED) is 0.795. The number of carbonyl (C=O) groups is 1. The Balaban J connectivity index is 1.87. The van der Waals surface area contributed by atoms with Gasteiger partial charge in [-0.3, -0.25) is 4.79 Å². The second-order valence-corrected chi connectivity index (χ2v) is 5.23. The van der Waals surface area contributed by atoms with Crippen molar-refractivity contribution in [3.8, 4) is 6.07 Å². The van der Waals surface area contributed by atoms with Gasteiger partial charge in [0.15, 0.2) is 0 Å². The predicted molar refractivity (Wildman–Crippen MR) is 67.7 cm³/mol. The average molecular weight is 240 g/mol. The second kappa shape index (κ2) is 4.13. The van der Waals surface area contributed by atoms with Crippen LogP contribution in [0.25, 0.3) is 0 Å². The second-order valence-electron chi connectivity index (χ2n) is 5.23. The lowest BCUT2D eigenvalue weighted by Gasteiger charge is -2.25. The summed E-state index contributed by atoms with van der Waals surface area (Å²) >= 11 is 0. The van der Waals surface area contributed by atoms with Crippen molar-refractivity contribution in [1.29, 1.82) is 5.26 Å². The Morgan fingerprint density at radius 1 is 1.33 bits per heavy atom. The molecule has 1 aliphatic heterocycles. The molecule has 1 amide bonds. The maximum Gasteiger partial charge on any atom is 0.234 e. The summed E-state index contributed by atoms with van der Waals surface area (Å²) in [4.78, 5) is 14.5. The van der Waals surface area contributed by atoms with Gasteiger partial charge in [0.05, 0.1) is 11.5 Å². The third-order valence-electron chi connectivity index (χ3n) is 4.15. The molecule has 0 aromatic heterocycles. The van der Waals surface area contributed by atoms with Crippen LogP contribution in [0.1, 0.15) is 31.2 Å². The summed E-state index contributed by atoms with van der Waals surface area (Å²) < 4.78 is 0. The molecule has 0 radical (unpaired) electrons. The highest BCUT2D eigenvalue weighted by atomic mass is 16.2. The molecule has 92 valence electrons. The zero-order valence-corrected chi connectivity index (χ0v) is 10.3. The molecule has 3 rings (SSSR count). The van der Waals surface area contributed by atoms with Crippen LogP contribution in [0, 0.1) is 11.3 Å². The fourth-order valence-corrected chi connectivity index (χ4v) is 2.93. The van der Waals surface area contributed by atoms with Crippen molar-refractivity contribution < 1.29 is 4.79 Å². The zero-order chi connectivity index (χ0) is 12.6. The number of hydrogen-bond acceptors (Lipinski definition) is 2. The fraction of sp³-hybridized carbons (Fsp3) is 0.467. The first-order valence-corrected chi connectivity index (χ1v) is 6.54. The summed E-state index contributed by atoms with van der Waals surface area (Å²) in [6, 6.07) is 12.0. The summed E-state index contributed by atoms with van der Waals surface area (Å²) in [6.45, 7) is 0.742. The zero-order valence-electron chi connectivity index (χ0n) is 10.3. The Bertz CT molecular complexity index is 499. The van der Waals surface area contributed by atoms with Crippen molar-refractivity contribution in [2.45, 2.75) is 37.1 Å². The molecule has 1 aromatic carbocycles. The minimum atomic E-state index is -0.319. The minimum Gasteiger partial charge on any atom is -0.326 e. The molecule has 1 unspecified atom stereocenters. The highest BCUT2D eigenvalue weighted by Crippen LogP contribution is 2.50. The highest BCUT2D eigenvalue weighted by molar-refractivity contribution is 5.92. The van der Waals surface area contributed by atoms with Crippen LogP contribution in [-0.2, 0) is 10.2 Å². The van der Waals surface area contributed by atoms with E-state index in [1.165, 1.54) is 0 Å². The van der Waals surface area contributed by atoms with Gasteiger partial charge in [-0.2, -0.15) is 5.26 Å². The molecule has 1 atom stereocenters. The summed E-state index contributed by atoms with van der Waals surface area (Å²) in [5, 5.41) is 9.10. The van der Waals surface area contributed by atoms with Crippen molar-refractivity contribution in [2.24, 2.45) is 0 Å². The van der Waals surface area contributed by atoms with Crippen LogP contribution in [0.5, 0.6) is 0 Å². The SMILES string of the molecule is N#CC1CCCN1C(=O)C1(c2ccccc2)CC1. The standard InChI is InChI=1S/C15H16N2O/c16-11-13-7-4-10-17(13)14(18)15(8-9-15)12-5-2-1-3-6-12/h1-3,5-6,13H,4,7-10H2. The van der Waals surface area contributed by atoms with Gasteiger partial charge in [-0.15, -0.1) is 0 Å². The van der Waals surface area contributed by atoms with Crippen molar-refractivity contribution >= 4 is 5.91 Å². The molecule has 0 bridgehead atoms. The summed E-state index contributed by atoms with van der Waals surface area (Å²) in [6.07, 6.45) is 3.62. The molecule has 3 nitrogen and oxygen atoms in total. The topological polar surface area (TPSA) is 44.1 Å². The van der Waals surface area contributed by atoms with Crippen LogP contribution >= 0.6 is 0 Å². The van der Waals surface area contributed by atoms with Crippen LogP contribution in [0.3, 0.4) is 0 Å². The molecule has 1 aromatic rings. The van der Waals surface area contributed by atoms with Crippen molar-refractivity contribution in [1.82, 2.24) is 4.90 Å². The average Bonchev–Trinajstić information content (AvgIpc) is 3.10. The smallest absolute Gasteiger partial charge is 0.234 e. The van der Waals surface area contributed by atoms with Gasteiger partial charge in [-0.05, 0) is 31.2 Å². The molecule has 0 spiro atoms. The van der Waals surface area contributed by atoms with E-state index in [0.717, 1.165) is 37.8 Å². The molecule has 2 aliphatic rings. The van der Waals surface area contributed by atoms with Crippen LogP contribution < -0.4 is 0 Å². The monoisotopic (exact) mass is 240 g/mol.